The average Bonchev–Trinajstić information content (AvgIpc) is 3.73. The number of halogens is 6. The molecule has 3 aliphatic rings. The molecule has 0 radical (unpaired) electrons. The molecule has 1 aliphatic heterocycles. The minimum absolute atomic E-state index is 0.0362. The second kappa shape index (κ2) is 11.4. The molecule has 5 rings (SSSR count). The molecule has 1 aromatic carbocycles. The van der Waals surface area contributed by atoms with Crippen LogP contribution in [0.15, 0.2) is 64.9 Å². The van der Waals surface area contributed by atoms with Gasteiger partial charge in [0.25, 0.3) is 5.91 Å². The molecule has 1 aromatic heterocycles. The lowest BCUT2D eigenvalue weighted by molar-refractivity contribution is -0.602. The molecule has 2 aliphatic carbocycles. The number of nitrogens with one attached hydrogen (secondary N) is 2. The highest BCUT2D eigenvalue weighted by Gasteiger charge is 2.58. The molecular formula is C29H26ClF5N5O4+. The van der Waals surface area contributed by atoms with E-state index in [2.05, 4.69) is 4.98 Å². The van der Waals surface area contributed by atoms with Crippen molar-refractivity contribution in [1.82, 2.24) is 10.3 Å². The molecule has 1 fully saturated rings. The Labute approximate surface area is 252 Å². The van der Waals surface area contributed by atoms with E-state index in [0.717, 1.165) is 31.1 Å². The number of carbonyl (C=O) groups is 2. The zero-order valence-electron chi connectivity index (χ0n) is 22.8. The molecule has 232 valence electrons. The number of aromatic nitrogens is 1. The number of allylic oxidation sites excluding steroid dienone is 3. The molecule has 0 spiro atoms. The molecule has 2 amide bonds. The van der Waals surface area contributed by atoms with Crippen LogP contribution in [0.3, 0.4) is 0 Å². The molecule has 2 atom stereocenters. The monoisotopic (exact) mass is 638 g/mol. The third kappa shape index (κ3) is 5.60. The standard InChI is InChI=1S/C29H25ClF5N5O4/c30-20-8-15(7-16(22(20)36)10-38-18-5-6-18)25(41)39-12-28(43,29(33,34)35)21-9-19-24(44-13-27(19,11-31)26(37)42)23(40-21)14-1-3-17(32)4-2-14/h1-4,7-10,18,36,38,43H,5-6,11-13H2,(H2,37,42)(H,39,41)/p+1/b16-10-,36-22?/t27-,28-/m0/s1. The predicted molar refractivity (Wildman–Crippen MR) is 148 cm³/mol. The highest BCUT2D eigenvalue weighted by atomic mass is 35.5. The molecule has 9 nitrogen and oxygen atoms in total. The third-order valence-electron chi connectivity index (χ3n) is 7.72. The number of benzene rings is 1. The van der Waals surface area contributed by atoms with E-state index in [9.17, 15) is 36.6 Å². The van der Waals surface area contributed by atoms with Gasteiger partial charge in [0.15, 0.2) is 0 Å². The van der Waals surface area contributed by atoms with Crippen LogP contribution in [0.4, 0.5) is 22.0 Å². The zero-order valence-corrected chi connectivity index (χ0v) is 23.5. The number of aliphatic hydroxyl groups is 1. The normalized spacial score (nSPS) is 22.1. The first-order valence-electron chi connectivity index (χ1n) is 13.3. The maximum Gasteiger partial charge on any atom is 0.424 e. The quantitative estimate of drug-likeness (QED) is 0.267. The van der Waals surface area contributed by atoms with Gasteiger partial charge in [-0.3, -0.25) is 15.0 Å². The third-order valence-corrected chi connectivity index (χ3v) is 8.02. The van der Waals surface area contributed by atoms with Gasteiger partial charge in [-0.25, -0.2) is 13.8 Å². The van der Waals surface area contributed by atoms with Crippen molar-refractivity contribution in [3.05, 3.63) is 81.9 Å². The van der Waals surface area contributed by atoms with Gasteiger partial charge in [-0.15, -0.1) is 0 Å². The van der Waals surface area contributed by atoms with Crippen molar-refractivity contribution in [2.75, 3.05) is 19.8 Å². The number of ether oxygens (including phenoxy) is 1. The van der Waals surface area contributed by atoms with Crippen LogP contribution in [0.1, 0.15) is 24.1 Å². The first-order chi connectivity index (χ1) is 20.7. The summed E-state index contributed by atoms with van der Waals surface area (Å²) in [7, 11) is 0. The molecule has 44 heavy (non-hydrogen) atoms. The molecular weight excluding hydrogens is 613 g/mol. The van der Waals surface area contributed by atoms with Crippen LogP contribution in [0.2, 0.25) is 0 Å². The van der Waals surface area contributed by atoms with E-state index >= 15 is 0 Å². The number of pyridine rings is 1. The second-order valence-corrected chi connectivity index (χ2v) is 11.2. The number of primary amides is 1. The lowest BCUT2D eigenvalue weighted by Crippen LogP contribution is -2.80. The van der Waals surface area contributed by atoms with Crippen LogP contribution >= 0.6 is 11.6 Å². The predicted octanol–water partition coefficient (Wildman–Crippen LogP) is 2.53. The van der Waals surface area contributed by atoms with Gasteiger partial charge < -0.3 is 26.2 Å². The van der Waals surface area contributed by atoms with Crippen molar-refractivity contribution < 1.29 is 46.7 Å². The summed E-state index contributed by atoms with van der Waals surface area (Å²) in [5.41, 5.74) is -2.38. The van der Waals surface area contributed by atoms with Crippen molar-refractivity contribution in [2.45, 2.75) is 36.1 Å². The Kier molecular flexibility index (Phi) is 8.12. The van der Waals surface area contributed by atoms with Gasteiger partial charge in [-0.1, -0.05) is 11.6 Å². The molecule has 0 unspecified atom stereocenters. The second-order valence-electron chi connectivity index (χ2n) is 10.8. The maximum absolute atomic E-state index is 14.6. The Hall–Kier alpha value is -4.14. The number of nitrogens with zero attached hydrogens (tertiary/aromatic N) is 1. The fourth-order valence-electron chi connectivity index (χ4n) is 4.77. The Balaban J connectivity index is 1.55. The molecule has 0 saturated heterocycles. The Morgan fingerprint density at radius 2 is 1.93 bits per heavy atom. The SMILES string of the molecule is N=C1C(Cl)=CC(C(=O)NC[C@](O)(c2cc3c(c(-c4ccc(F)cc4)n2)OC[C@]3(CF)C(N)=O)C(F)(F)F)=C/C1=C/[NH2+]C1CC1. The number of alkyl halides is 4. The maximum atomic E-state index is 14.6. The van der Waals surface area contributed by atoms with E-state index < -0.39 is 65.9 Å². The summed E-state index contributed by atoms with van der Waals surface area (Å²) in [5.74, 6) is -3.21. The van der Waals surface area contributed by atoms with Crippen LogP contribution in [0.5, 0.6) is 5.75 Å². The van der Waals surface area contributed by atoms with Crippen molar-refractivity contribution in [1.29, 1.82) is 5.41 Å². The minimum Gasteiger partial charge on any atom is -0.489 e. The fraction of sp³-hybridized carbons (Fsp3) is 0.310. The molecule has 7 N–H and O–H groups in total. The number of amides is 2. The number of hydrogen-bond acceptors (Lipinski definition) is 6. The van der Waals surface area contributed by atoms with E-state index in [1.54, 1.807) is 6.20 Å². The Bertz CT molecular complexity index is 1640. The molecule has 1 saturated carbocycles. The summed E-state index contributed by atoms with van der Waals surface area (Å²) in [6.45, 7) is -3.55. The van der Waals surface area contributed by atoms with E-state index in [1.807, 2.05) is 10.6 Å². The van der Waals surface area contributed by atoms with E-state index in [0.29, 0.717) is 12.1 Å². The smallest absolute Gasteiger partial charge is 0.424 e. The number of rotatable bonds is 9. The topological polar surface area (TPSA) is 155 Å². The lowest BCUT2D eigenvalue weighted by atomic mass is 9.81. The van der Waals surface area contributed by atoms with Crippen molar-refractivity contribution in [3.63, 3.8) is 0 Å². The summed E-state index contributed by atoms with van der Waals surface area (Å²) in [5, 5.41) is 23.1. The molecule has 15 heteroatoms. The van der Waals surface area contributed by atoms with E-state index in [4.69, 9.17) is 27.5 Å². The summed E-state index contributed by atoms with van der Waals surface area (Å²) in [6.07, 6.45) is 0.497. The number of quaternary nitrogens is 1. The number of nitrogens with two attached hydrogens (primary N) is 2. The summed E-state index contributed by atoms with van der Waals surface area (Å²) < 4.78 is 77.4. The van der Waals surface area contributed by atoms with Crippen LogP contribution in [0.25, 0.3) is 11.3 Å². The summed E-state index contributed by atoms with van der Waals surface area (Å²) in [6, 6.07) is 5.36. The molecule has 2 aromatic rings. The first-order valence-corrected chi connectivity index (χ1v) is 13.7. The van der Waals surface area contributed by atoms with Gasteiger partial charge in [0.1, 0.15) is 42.2 Å². The fourth-order valence-corrected chi connectivity index (χ4v) is 5.00. The van der Waals surface area contributed by atoms with Gasteiger partial charge in [-0.2, -0.15) is 13.2 Å². The highest BCUT2D eigenvalue weighted by Crippen LogP contribution is 2.48. The van der Waals surface area contributed by atoms with Gasteiger partial charge in [0.05, 0.1) is 34.6 Å². The van der Waals surface area contributed by atoms with Gasteiger partial charge in [0, 0.05) is 29.5 Å². The number of carbonyl (C=O) groups excluding carboxylic acids is 2. The van der Waals surface area contributed by atoms with E-state index in [-0.39, 0.29) is 38.9 Å². The van der Waals surface area contributed by atoms with Gasteiger partial charge in [-0.05, 0) is 42.5 Å². The summed E-state index contributed by atoms with van der Waals surface area (Å²) >= 11 is 6.11. The largest absolute Gasteiger partial charge is 0.489 e. The van der Waals surface area contributed by atoms with Crippen LogP contribution in [-0.4, -0.2) is 59.7 Å². The number of fused-ring (bicyclic) bond motifs is 1. The van der Waals surface area contributed by atoms with Gasteiger partial charge >= 0.3 is 6.18 Å². The van der Waals surface area contributed by atoms with Crippen molar-refractivity contribution in [3.8, 4) is 17.0 Å². The minimum atomic E-state index is -5.47. The zero-order chi connectivity index (χ0) is 32.0. The van der Waals surface area contributed by atoms with Gasteiger partial charge in [0.2, 0.25) is 11.5 Å². The molecule has 2 heterocycles. The lowest BCUT2D eigenvalue weighted by Gasteiger charge is -2.31. The van der Waals surface area contributed by atoms with Crippen molar-refractivity contribution >= 4 is 29.1 Å². The van der Waals surface area contributed by atoms with Crippen LogP contribution < -0.4 is 21.1 Å². The first kappa shape index (κ1) is 31.3. The van der Waals surface area contributed by atoms with E-state index in [1.165, 1.54) is 18.2 Å². The number of hydrogen-bond donors (Lipinski definition) is 5. The average molecular weight is 639 g/mol. The van der Waals surface area contributed by atoms with Crippen LogP contribution in [0, 0.1) is 11.2 Å². The Morgan fingerprint density at radius 3 is 2.52 bits per heavy atom. The summed E-state index contributed by atoms with van der Waals surface area (Å²) in [4.78, 5) is 29.4. The highest BCUT2D eigenvalue weighted by molar-refractivity contribution is 6.47. The van der Waals surface area contributed by atoms with Crippen molar-refractivity contribution in [2.24, 2.45) is 5.73 Å². The molecule has 0 bridgehead atoms. The van der Waals surface area contributed by atoms with Crippen LogP contribution in [-0.2, 0) is 20.6 Å². The Morgan fingerprint density at radius 1 is 1.25 bits per heavy atom.